The van der Waals surface area contributed by atoms with Crippen LogP contribution in [-0.2, 0) is 0 Å². The third kappa shape index (κ3) is 5.74. The SMILES string of the molecule is CSN1CCN(SC)C1/C(Cl)=C\CCC/C=C\C=C/N. The maximum atomic E-state index is 6.50. The van der Waals surface area contributed by atoms with Crippen molar-refractivity contribution >= 4 is 35.5 Å². The lowest BCUT2D eigenvalue weighted by Crippen LogP contribution is -2.31. The molecule has 0 aliphatic carbocycles. The molecule has 1 rings (SSSR count). The maximum absolute atomic E-state index is 6.50. The second-order valence-electron chi connectivity index (χ2n) is 4.35. The summed E-state index contributed by atoms with van der Waals surface area (Å²) in [5, 5.41) is 0.942. The Labute approximate surface area is 136 Å². The molecule has 0 aromatic carbocycles. The topological polar surface area (TPSA) is 32.5 Å². The van der Waals surface area contributed by atoms with Gasteiger partial charge in [-0.3, -0.25) is 0 Å². The molecule has 6 heteroatoms. The first-order valence-electron chi connectivity index (χ1n) is 6.75. The van der Waals surface area contributed by atoms with Crippen LogP contribution < -0.4 is 5.73 Å². The molecular formula is C14H24ClN3S2. The highest BCUT2D eigenvalue weighted by Gasteiger charge is 2.33. The lowest BCUT2D eigenvalue weighted by atomic mass is 10.2. The Hall–Kier alpha value is -0.0700. The third-order valence-electron chi connectivity index (χ3n) is 3.07. The van der Waals surface area contributed by atoms with Gasteiger partial charge >= 0.3 is 0 Å². The molecule has 1 aliphatic heterocycles. The predicted molar refractivity (Wildman–Crippen MR) is 94.5 cm³/mol. The van der Waals surface area contributed by atoms with E-state index in [1.165, 1.54) is 0 Å². The highest BCUT2D eigenvalue weighted by atomic mass is 35.5. The minimum absolute atomic E-state index is 0.220. The van der Waals surface area contributed by atoms with E-state index in [1.54, 1.807) is 30.1 Å². The molecule has 0 aromatic rings. The molecule has 1 heterocycles. The Morgan fingerprint density at radius 1 is 1.20 bits per heavy atom. The van der Waals surface area contributed by atoms with Crippen LogP contribution in [0.15, 0.2) is 35.5 Å². The quantitative estimate of drug-likeness (QED) is 0.415. The van der Waals surface area contributed by atoms with Gasteiger partial charge in [0.15, 0.2) is 0 Å². The summed E-state index contributed by atoms with van der Waals surface area (Å²) in [6, 6.07) is 0. The average molecular weight is 334 g/mol. The summed E-state index contributed by atoms with van der Waals surface area (Å²) in [6.45, 7) is 2.12. The van der Waals surface area contributed by atoms with Crippen molar-refractivity contribution in [3.05, 3.63) is 35.5 Å². The minimum atomic E-state index is 0.220. The van der Waals surface area contributed by atoms with Crippen LogP contribution in [0.5, 0.6) is 0 Å². The van der Waals surface area contributed by atoms with Crippen LogP contribution in [0.2, 0.25) is 0 Å². The van der Waals surface area contributed by atoms with Crippen molar-refractivity contribution in [2.75, 3.05) is 25.6 Å². The Balaban J connectivity index is 2.42. The molecule has 3 nitrogen and oxygen atoms in total. The standard InChI is InChI=1S/C14H24ClN3S2/c1-19-17-11-12-18(20-2)14(17)13(15)9-7-5-3-4-6-8-10-16/h4,6,8-10,14H,3,5,7,11-12,16H2,1-2H3/b6-4-,10-8-,13-9+. The molecule has 0 bridgehead atoms. The number of hydrogen-bond acceptors (Lipinski definition) is 5. The Morgan fingerprint density at radius 2 is 1.85 bits per heavy atom. The van der Waals surface area contributed by atoms with Gasteiger partial charge in [-0.15, -0.1) is 0 Å². The normalized spacial score (nSPS) is 19.9. The highest BCUT2D eigenvalue weighted by molar-refractivity contribution is 7.97. The predicted octanol–water partition coefficient (Wildman–Crippen LogP) is 3.81. The van der Waals surface area contributed by atoms with E-state index in [-0.39, 0.29) is 6.17 Å². The number of nitrogens with zero attached hydrogens (tertiary/aromatic N) is 2. The van der Waals surface area contributed by atoms with E-state index < -0.39 is 0 Å². The van der Waals surface area contributed by atoms with Crippen molar-refractivity contribution in [1.82, 2.24) is 8.61 Å². The van der Waals surface area contributed by atoms with E-state index in [0.29, 0.717) is 0 Å². The summed E-state index contributed by atoms with van der Waals surface area (Å²) < 4.78 is 4.67. The molecule has 1 fully saturated rings. The second kappa shape index (κ2) is 10.6. The van der Waals surface area contributed by atoms with E-state index in [4.69, 9.17) is 17.3 Å². The number of nitrogens with two attached hydrogens (primary N) is 1. The van der Waals surface area contributed by atoms with Crippen molar-refractivity contribution in [2.45, 2.75) is 25.4 Å². The molecule has 0 spiro atoms. The molecule has 0 unspecified atom stereocenters. The number of hydrogen-bond donors (Lipinski definition) is 1. The van der Waals surface area contributed by atoms with Gasteiger partial charge in [-0.2, -0.15) is 0 Å². The van der Waals surface area contributed by atoms with E-state index in [9.17, 15) is 0 Å². The van der Waals surface area contributed by atoms with E-state index in [1.807, 2.05) is 12.2 Å². The van der Waals surface area contributed by atoms with Crippen LogP contribution in [0.1, 0.15) is 19.3 Å². The van der Waals surface area contributed by atoms with Gasteiger partial charge in [-0.1, -0.05) is 53.7 Å². The highest BCUT2D eigenvalue weighted by Crippen LogP contribution is 2.32. The molecule has 0 atom stereocenters. The lowest BCUT2D eigenvalue weighted by Gasteiger charge is -2.26. The van der Waals surface area contributed by atoms with Crippen LogP contribution in [0.25, 0.3) is 0 Å². The fourth-order valence-electron chi connectivity index (χ4n) is 2.06. The number of allylic oxidation sites excluding steroid dienone is 4. The molecule has 114 valence electrons. The van der Waals surface area contributed by atoms with Crippen molar-refractivity contribution in [2.24, 2.45) is 5.73 Å². The maximum Gasteiger partial charge on any atom is 0.117 e. The molecule has 0 saturated carbocycles. The fourth-order valence-corrected chi connectivity index (χ4v) is 3.97. The molecule has 0 radical (unpaired) electrons. The molecule has 1 aliphatic rings. The second-order valence-corrected chi connectivity index (χ2v) is 6.46. The van der Waals surface area contributed by atoms with Gasteiger partial charge in [-0.25, -0.2) is 8.61 Å². The number of halogens is 1. The van der Waals surface area contributed by atoms with Gasteiger partial charge in [0.25, 0.3) is 0 Å². The summed E-state index contributed by atoms with van der Waals surface area (Å²) >= 11 is 10.0. The van der Waals surface area contributed by atoms with Gasteiger partial charge in [0.1, 0.15) is 6.17 Å². The largest absolute Gasteiger partial charge is 0.405 e. The molecule has 0 aromatic heterocycles. The number of rotatable bonds is 8. The summed E-state index contributed by atoms with van der Waals surface area (Å²) in [6.07, 6.45) is 17.3. The lowest BCUT2D eigenvalue weighted by molar-refractivity contribution is 0.386. The Kier molecular flexibility index (Phi) is 9.55. The first kappa shape index (κ1) is 18.0. The van der Waals surface area contributed by atoms with E-state index >= 15 is 0 Å². The van der Waals surface area contributed by atoms with E-state index in [2.05, 4.69) is 33.3 Å². The fraction of sp³-hybridized carbons (Fsp3) is 0.571. The van der Waals surface area contributed by atoms with Gasteiger partial charge in [0.05, 0.1) is 0 Å². The van der Waals surface area contributed by atoms with E-state index in [0.717, 1.165) is 37.4 Å². The zero-order valence-corrected chi connectivity index (χ0v) is 14.6. The van der Waals surface area contributed by atoms with Crippen molar-refractivity contribution in [3.63, 3.8) is 0 Å². The van der Waals surface area contributed by atoms with Crippen molar-refractivity contribution in [1.29, 1.82) is 0 Å². The monoisotopic (exact) mass is 333 g/mol. The van der Waals surface area contributed by atoms with Crippen LogP contribution in [-0.4, -0.2) is 40.4 Å². The first-order valence-corrected chi connectivity index (χ1v) is 9.49. The molecule has 1 saturated heterocycles. The summed E-state index contributed by atoms with van der Waals surface area (Å²) in [7, 11) is 0. The first-order chi connectivity index (χ1) is 9.74. The smallest absolute Gasteiger partial charge is 0.117 e. The van der Waals surface area contributed by atoms with Crippen LogP contribution in [0.4, 0.5) is 0 Å². The number of unbranched alkanes of at least 4 members (excludes halogenated alkanes) is 2. The van der Waals surface area contributed by atoms with Crippen molar-refractivity contribution in [3.8, 4) is 0 Å². The van der Waals surface area contributed by atoms with Crippen molar-refractivity contribution < 1.29 is 0 Å². The van der Waals surface area contributed by atoms with Crippen LogP contribution in [0, 0.1) is 0 Å². The third-order valence-corrected chi connectivity index (χ3v) is 5.13. The van der Waals surface area contributed by atoms with Gasteiger partial charge in [0.2, 0.25) is 0 Å². The zero-order chi connectivity index (χ0) is 14.8. The average Bonchev–Trinajstić information content (AvgIpc) is 2.89. The minimum Gasteiger partial charge on any atom is -0.405 e. The molecule has 0 amide bonds. The summed E-state index contributed by atoms with van der Waals surface area (Å²) in [4.78, 5) is 0. The summed E-state index contributed by atoms with van der Waals surface area (Å²) in [5.41, 5.74) is 5.26. The van der Waals surface area contributed by atoms with Gasteiger partial charge < -0.3 is 5.73 Å². The van der Waals surface area contributed by atoms with Crippen LogP contribution in [0.3, 0.4) is 0 Å². The Morgan fingerprint density at radius 3 is 2.40 bits per heavy atom. The van der Waals surface area contributed by atoms with Gasteiger partial charge in [-0.05, 0) is 44.0 Å². The molecular weight excluding hydrogens is 310 g/mol. The molecule has 2 N–H and O–H groups in total. The van der Waals surface area contributed by atoms with Gasteiger partial charge in [0, 0.05) is 18.1 Å². The summed E-state index contributed by atoms with van der Waals surface area (Å²) in [5.74, 6) is 0. The zero-order valence-electron chi connectivity index (χ0n) is 12.2. The van der Waals surface area contributed by atoms with Crippen LogP contribution >= 0.6 is 35.5 Å². The molecule has 20 heavy (non-hydrogen) atoms. The Bertz CT molecular complexity index is 346.